The van der Waals surface area contributed by atoms with Gasteiger partial charge in [-0.05, 0) is 69.2 Å². The number of benzene rings is 1. The molecule has 0 radical (unpaired) electrons. The molecule has 3 aromatic rings. The van der Waals surface area contributed by atoms with E-state index in [1.807, 2.05) is 19.1 Å². The molecule has 2 aromatic heterocycles. The second kappa shape index (κ2) is 13.3. The zero-order chi connectivity index (χ0) is 35.2. The molecular weight excluding hydrogens is 662 g/mol. The fraction of sp³-hybridized carbons (Fsp3) is 0.543. The Morgan fingerprint density at radius 3 is 2.54 bits per heavy atom. The smallest absolute Gasteiger partial charge is 0.320 e. The Morgan fingerprint density at radius 1 is 1.04 bits per heavy atom. The van der Waals surface area contributed by atoms with E-state index in [0.29, 0.717) is 60.6 Å². The fourth-order valence-corrected chi connectivity index (χ4v) is 8.65. The highest BCUT2D eigenvalue weighted by Gasteiger charge is 2.62. The van der Waals surface area contributed by atoms with Crippen LogP contribution >= 0.6 is 0 Å². The molecule has 4 amide bonds. The van der Waals surface area contributed by atoms with Gasteiger partial charge in [0.25, 0.3) is 5.91 Å². The summed E-state index contributed by atoms with van der Waals surface area (Å²) < 4.78 is 39.9. The van der Waals surface area contributed by atoms with Crippen LogP contribution in [0.1, 0.15) is 63.4 Å². The molecule has 14 nitrogen and oxygen atoms in total. The number of methoxy groups -OCH3 is 1. The Bertz CT molecular complexity index is 1920. The molecule has 4 atom stereocenters. The molecular formula is C35H43N7O7S. The van der Waals surface area contributed by atoms with E-state index < -0.39 is 44.8 Å². The first-order valence-electron chi connectivity index (χ1n) is 17.3. The Labute approximate surface area is 291 Å². The third-order valence-corrected chi connectivity index (χ3v) is 12.3. The number of sulfonamides is 1. The quantitative estimate of drug-likeness (QED) is 0.371. The van der Waals surface area contributed by atoms with Gasteiger partial charge in [0, 0.05) is 43.5 Å². The summed E-state index contributed by atoms with van der Waals surface area (Å²) in [5.41, 5.74) is 0.834. The van der Waals surface area contributed by atoms with Gasteiger partial charge in [0.1, 0.15) is 23.4 Å². The highest BCUT2D eigenvalue weighted by atomic mass is 32.2. The van der Waals surface area contributed by atoms with Crippen molar-refractivity contribution < 1.29 is 32.3 Å². The fourth-order valence-electron chi connectivity index (χ4n) is 7.29. The molecule has 2 saturated carbocycles. The van der Waals surface area contributed by atoms with Crippen molar-refractivity contribution in [1.29, 1.82) is 0 Å². The lowest BCUT2D eigenvalue weighted by atomic mass is 10.0. The molecule has 1 aromatic carbocycles. The number of pyridine rings is 1. The van der Waals surface area contributed by atoms with Crippen molar-refractivity contribution in [3.63, 3.8) is 0 Å². The number of urea groups is 1. The lowest BCUT2D eigenvalue weighted by molar-refractivity contribution is -0.131. The number of ether oxygens (including phenoxy) is 2. The van der Waals surface area contributed by atoms with Gasteiger partial charge in [-0.15, -0.1) is 0 Å². The molecule has 0 spiro atoms. The van der Waals surface area contributed by atoms with E-state index in [2.05, 4.69) is 15.0 Å². The summed E-state index contributed by atoms with van der Waals surface area (Å²) in [4.78, 5) is 58.5. The summed E-state index contributed by atoms with van der Waals surface area (Å²) >= 11 is 0. The van der Waals surface area contributed by atoms with Crippen LogP contribution in [-0.2, 0) is 19.6 Å². The first-order valence-corrected chi connectivity index (χ1v) is 18.9. The maximum atomic E-state index is 14.2. The first-order chi connectivity index (χ1) is 24.0. The predicted octanol–water partition coefficient (Wildman–Crippen LogP) is 3.33. The van der Waals surface area contributed by atoms with Gasteiger partial charge in [-0.25, -0.2) is 18.2 Å². The highest BCUT2D eigenvalue weighted by molar-refractivity contribution is 7.91. The van der Waals surface area contributed by atoms with E-state index in [0.717, 1.165) is 36.8 Å². The van der Waals surface area contributed by atoms with Crippen molar-refractivity contribution in [3.05, 3.63) is 42.2 Å². The van der Waals surface area contributed by atoms with E-state index in [1.165, 1.54) is 4.90 Å². The molecule has 2 saturated heterocycles. The lowest BCUT2D eigenvalue weighted by Gasteiger charge is -2.30. The topological polar surface area (TPSA) is 173 Å². The number of hydrogen-bond donors (Lipinski definition) is 2. The van der Waals surface area contributed by atoms with Crippen LogP contribution in [0.15, 0.2) is 36.7 Å². The largest absolute Gasteiger partial charge is 0.496 e. The van der Waals surface area contributed by atoms with Gasteiger partial charge in [-0.1, -0.05) is 19.3 Å². The zero-order valence-corrected chi connectivity index (χ0v) is 29.4. The van der Waals surface area contributed by atoms with Gasteiger partial charge in [0.2, 0.25) is 21.8 Å². The van der Waals surface area contributed by atoms with Crippen molar-refractivity contribution >= 4 is 38.8 Å². The van der Waals surface area contributed by atoms with Crippen LogP contribution in [0.4, 0.5) is 4.79 Å². The van der Waals surface area contributed by atoms with Crippen LogP contribution in [-0.4, -0.2) is 101 Å². The van der Waals surface area contributed by atoms with E-state index >= 15 is 0 Å². The van der Waals surface area contributed by atoms with Gasteiger partial charge in [-0.2, -0.15) is 4.98 Å². The third-order valence-electron chi connectivity index (χ3n) is 10.5. The van der Waals surface area contributed by atoms with Gasteiger partial charge in [0.05, 0.1) is 29.8 Å². The average Bonchev–Trinajstić information content (AvgIpc) is 4.03. The predicted molar refractivity (Wildman–Crippen MR) is 184 cm³/mol. The standard InChI is InChI=1S/C35H43N7O7S/c1-21-28(48-3)12-11-26-29(21)37-30(22-13-15-36-16-14-22)38-32(26)49-24-18-27-31(43)39-35(33(44)40-50(46,47)25-9-10-25)19-23(35)8-6-4-5-7-17-41(2)34(45)42(27)20-24/h11-16,23-25,27H,4-10,17-20H2,1-3H3,(H,39,43)(H,40,44)/t23-,24-,27+,35-/m1/s1. The molecule has 7 rings (SSSR count). The van der Waals surface area contributed by atoms with E-state index in [4.69, 9.17) is 19.4 Å². The monoisotopic (exact) mass is 705 g/mol. The molecule has 0 bridgehead atoms. The number of fused-ring (bicyclic) bond motifs is 3. The molecule has 0 unspecified atom stereocenters. The molecule has 4 aliphatic rings. The van der Waals surface area contributed by atoms with Gasteiger partial charge >= 0.3 is 6.03 Å². The van der Waals surface area contributed by atoms with Gasteiger partial charge in [0.15, 0.2) is 5.82 Å². The summed E-state index contributed by atoms with van der Waals surface area (Å²) in [5, 5.41) is 3.02. The molecule has 2 N–H and O–H groups in total. The number of nitrogens with zero attached hydrogens (tertiary/aromatic N) is 5. The lowest BCUT2D eigenvalue weighted by Crippen LogP contribution is -2.57. The maximum absolute atomic E-state index is 14.2. The second-order valence-corrected chi connectivity index (χ2v) is 15.9. The number of nitrogens with one attached hydrogen (secondary N) is 2. The van der Waals surface area contributed by atoms with E-state index in [1.54, 1.807) is 43.6 Å². The molecule has 4 fully saturated rings. The normalized spacial score (nSPS) is 26.0. The van der Waals surface area contributed by atoms with E-state index in [9.17, 15) is 22.8 Å². The molecule has 50 heavy (non-hydrogen) atoms. The minimum absolute atomic E-state index is 0.102. The number of carbonyl (C=O) groups excluding carboxylic acids is 3. The number of hydrogen-bond acceptors (Lipinski definition) is 10. The van der Waals surface area contributed by atoms with Crippen LogP contribution in [0, 0.1) is 12.8 Å². The van der Waals surface area contributed by atoms with Crippen molar-refractivity contribution in [1.82, 2.24) is 34.8 Å². The SMILES string of the molecule is COc1ccc2c(O[C@@H]3C[C@H]4C(=O)N[C@]5(C(=O)NS(=O)(=O)C6CC6)C[C@H]5CCCCCCN(C)C(=O)N4C3)nc(-c3ccncc3)nc2c1C. The van der Waals surface area contributed by atoms with Crippen molar-refractivity contribution in [3.8, 4) is 23.0 Å². The van der Waals surface area contributed by atoms with Crippen LogP contribution in [0.3, 0.4) is 0 Å². The minimum atomic E-state index is -3.82. The maximum Gasteiger partial charge on any atom is 0.320 e. The van der Waals surface area contributed by atoms with Gasteiger partial charge in [-0.3, -0.25) is 19.3 Å². The van der Waals surface area contributed by atoms with Crippen LogP contribution in [0.25, 0.3) is 22.3 Å². The average molecular weight is 706 g/mol. The summed E-state index contributed by atoms with van der Waals surface area (Å²) in [6, 6.07) is 5.98. The van der Waals surface area contributed by atoms with Gasteiger partial charge < -0.3 is 24.6 Å². The molecule has 4 heterocycles. The molecule has 2 aliphatic carbocycles. The first kappa shape index (κ1) is 33.9. The number of rotatable bonds is 7. The molecule has 15 heteroatoms. The van der Waals surface area contributed by atoms with Crippen molar-refractivity contribution in [2.24, 2.45) is 5.92 Å². The summed E-state index contributed by atoms with van der Waals surface area (Å²) in [6.07, 6.45) is 8.34. The van der Waals surface area contributed by atoms with Crippen LogP contribution in [0.2, 0.25) is 0 Å². The number of amides is 4. The highest BCUT2D eigenvalue weighted by Crippen LogP contribution is 2.48. The minimum Gasteiger partial charge on any atom is -0.496 e. The second-order valence-electron chi connectivity index (χ2n) is 14.0. The van der Waals surface area contributed by atoms with Crippen molar-refractivity contribution in [2.75, 3.05) is 27.2 Å². The summed E-state index contributed by atoms with van der Waals surface area (Å²) in [7, 11) is -0.500. The third kappa shape index (κ3) is 6.54. The Morgan fingerprint density at radius 2 is 1.80 bits per heavy atom. The van der Waals surface area contributed by atoms with E-state index in [-0.39, 0.29) is 24.9 Å². The van der Waals surface area contributed by atoms with Crippen LogP contribution in [0.5, 0.6) is 11.6 Å². The number of aromatic nitrogens is 3. The Kier molecular flexibility index (Phi) is 9.03. The Hall–Kier alpha value is -4.53. The van der Waals surface area contributed by atoms with Crippen LogP contribution < -0.4 is 19.5 Å². The molecule has 2 aliphatic heterocycles. The van der Waals surface area contributed by atoms with Crippen molar-refractivity contribution in [2.45, 2.75) is 87.6 Å². The summed E-state index contributed by atoms with van der Waals surface area (Å²) in [6.45, 7) is 2.55. The Balaban J connectivity index is 1.20. The summed E-state index contributed by atoms with van der Waals surface area (Å²) in [5.74, 6) is -0.0208. The zero-order valence-electron chi connectivity index (χ0n) is 28.6. The number of carbonyl (C=O) groups is 3. The molecule has 266 valence electrons. The number of aryl methyl sites for hydroxylation is 1.